The van der Waals surface area contributed by atoms with Gasteiger partial charge in [-0.3, -0.25) is 0 Å². The van der Waals surface area contributed by atoms with E-state index in [0.717, 1.165) is 61.4 Å². The van der Waals surface area contributed by atoms with E-state index in [2.05, 4.69) is 240 Å². The summed E-state index contributed by atoms with van der Waals surface area (Å²) in [5, 5.41) is 7.24. The van der Waals surface area contributed by atoms with Crippen molar-refractivity contribution in [2.75, 3.05) is 4.90 Å². The van der Waals surface area contributed by atoms with Crippen molar-refractivity contribution in [3.8, 4) is 39.1 Å². The van der Waals surface area contributed by atoms with Crippen LogP contribution in [0.1, 0.15) is 0 Å². The smallest absolute Gasteiger partial charge is 0.145 e. The van der Waals surface area contributed by atoms with Crippen LogP contribution in [0.4, 0.5) is 17.1 Å². The average molecular weight is 835 g/mol. The molecular formula is C60H38N2OS. The van der Waals surface area contributed by atoms with Crippen molar-refractivity contribution in [3.63, 3.8) is 0 Å². The molecule has 13 aromatic rings. The fourth-order valence-electron chi connectivity index (χ4n) is 9.88. The molecule has 0 aliphatic carbocycles. The Balaban J connectivity index is 1.00. The van der Waals surface area contributed by atoms with Gasteiger partial charge in [-0.05, 0) is 101 Å². The normalized spacial score (nSPS) is 11.8. The van der Waals surface area contributed by atoms with E-state index in [1.165, 1.54) is 58.7 Å². The number of fused-ring (bicyclic) bond motifs is 9. The second-order valence-corrected chi connectivity index (χ2v) is 17.5. The minimum Gasteiger partial charge on any atom is -0.455 e. The zero-order valence-electron chi connectivity index (χ0n) is 34.7. The molecule has 3 nitrogen and oxygen atoms in total. The molecule has 10 aromatic carbocycles. The number of furan rings is 1. The quantitative estimate of drug-likeness (QED) is 0.159. The van der Waals surface area contributed by atoms with E-state index in [4.69, 9.17) is 4.42 Å². The highest BCUT2D eigenvalue weighted by Crippen LogP contribution is 2.48. The largest absolute Gasteiger partial charge is 0.455 e. The van der Waals surface area contributed by atoms with Crippen molar-refractivity contribution in [1.82, 2.24) is 4.57 Å². The van der Waals surface area contributed by atoms with Crippen molar-refractivity contribution in [2.24, 2.45) is 0 Å². The van der Waals surface area contributed by atoms with Gasteiger partial charge in [-0.15, -0.1) is 11.3 Å². The molecule has 0 amide bonds. The number of aromatic nitrogens is 1. The van der Waals surface area contributed by atoms with E-state index in [1.807, 2.05) is 11.3 Å². The Morgan fingerprint density at radius 1 is 0.391 bits per heavy atom. The number of anilines is 3. The lowest BCUT2D eigenvalue weighted by atomic mass is 9.98. The summed E-state index contributed by atoms with van der Waals surface area (Å²) in [5.74, 6) is 0. The first-order chi connectivity index (χ1) is 31.7. The molecule has 0 aliphatic rings. The summed E-state index contributed by atoms with van der Waals surface area (Å²) in [5.41, 5.74) is 15.3. The molecule has 0 saturated carbocycles. The third-order valence-electron chi connectivity index (χ3n) is 12.8. The first-order valence-electron chi connectivity index (χ1n) is 21.7. The summed E-state index contributed by atoms with van der Waals surface area (Å²) >= 11 is 1.87. The molecule has 64 heavy (non-hydrogen) atoms. The summed E-state index contributed by atoms with van der Waals surface area (Å²) in [6.45, 7) is 0. The number of hydrogen-bond donors (Lipinski definition) is 0. The van der Waals surface area contributed by atoms with E-state index in [-0.39, 0.29) is 0 Å². The molecule has 0 unspecified atom stereocenters. The molecule has 0 spiro atoms. The first kappa shape index (κ1) is 36.5. The Morgan fingerprint density at radius 2 is 1.03 bits per heavy atom. The van der Waals surface area contributed by atoms with E-state index in [1.54, 1.807) is 0 Å². The fraction of sp³-hybridized carbons (Fsp3) is 0. The maximum absolute atomic E-state index is 6.98. The molecule has 3 aromatic heterocycles. The van der Waals surface area contributed by atoms with Gasteiger partial charge in [-0.1, -0.05) is 158 Å². The molecule has 3 heterocycles. The third kappa shape index (κ3) is 5.81. The van der Waals surface area contributed by atoms with E-state index in [0.29, 0.717) is 0 Å². The summed E-state index contributed by atoms with van der Waals surface area (Å²) < 4.78 is 12.0. The zero-order valence-corrected chi connectivity index (χ0v) is 35.5. The minimum atomic E-state index is 0.856. The van der Waals surface area contributed by atoms with Gasteiger partial charge in [-0.2, -0.15) is 0 Å². The first-order valence-corrected chi connectivity index (χ1v) is 22.6. The average Bonchev–Trinajstić information content (AvgIpc) is 4.05. The van der Waals surface area contributed by atoms with Crippen LogP contribution >= 0.6 is 11.3 Å². The monoisotopic (exact) mass is 834 g/mol. The minimum absolute atomic E-state index is 0.856. The van der Waals surface area contributed by atoms with E-state index >= 15 is 0 Å². The van der Waals surface area contributed by atoms with Gasteiger partial charge in [0, 0.05) is 59.0 Å². The molecule has 0 N–H and O–H groups in total. The SMILES string of the molecule is c1ccc(-c2cccc(N(c3ccc(-c4cccc5c4sc4ccccc45)cc3)c3ccc(-c4cccc(-n5c6ccccc6c6ccccc65)c4)c4oc5ccccc5c34)c2)cc1. The van der Waals surface area contributed by atoms with Crippen LogP contribution in [0.3, 0.4) is 0 Å². The number of thiophene rings is 1. The lowest BCUT2D eigenvalue weighted by Gasteiger charge is -2.27. The van der Waals surface area contributed by atoms with Crippen LogP contribution in [0.5, 0.6) is 0 Å². The van der Waals surface area contributed by atoms with Crippen LogP contribution in [-0.2, 0) is 0 Å². The second-order valence-electron chi connectivity index (χ2n) is 16.4. The van der Waals surface area contributed by atoms with Crippen molar-refractivity contribution < 1.29 is 4.42 Å². The van der Waals surface area contributed by atoms with Gasteiger partial charge >= 0.3 is 0 Å². The topological polar surface area (TPSA) is 21.3 Å². The molecule has 0 radical (unpaired) electrons. The summed E-state index contributed by atoms with van der Waals surface area (Å²) in [6.07, 6.45) is 0. The van der Waals surface area contributed by atoms with Crippen LogP contribution in [0.25, 0.3) is 103 Å². The lowest BCUT2D eigenvalue weighted by molar-refractivity contribution is 0.670. The molecule has 0 aliphatic heterocycles. The number of rotatable bonds is 7. The molecule has 300 valence electrons. The Bertz CT molecular complexity index is 3860. The molecule has 13 rings (SSSR count). The van der Waals surface area contributed by atoms with Crippen molar-refractivity contribution in [1.29, 1.82) is 0 Å². The molecule has 0 saturated heterocycles. The van der Waals surface area contributed by atoms with Crippen LogP contribution in [0, 0.1) is 0 Å². The maximum Gasteiger partial charge on any atom is 0.145 e. The van der Waals surface area contributed by atoms with Crippen LogP contribution in [-0.4, -0.2) is 4.57 Å². The Morgan fingerprint density at radius 3 is 1.84 bits per heavy atom. The molecule has 4 heteroatoms. The molecule has 0 bridgehead atoms. The van der Waals surface area contributed by atoms with Crippen molar-refractivity contribution in [2.45, 2.75) is 0 Å². The van der Waals surface area contributed by atoms with Crippen LogP contribution in [0.15, 0.2) is 235 Å². The van der Waals surface area contributed by atoms with Crippen molar-refractivity contribution >= 4 is 92.3 Å². The van der Waals surface area contributed by atoms with Gasteiger partial charge in [0.25, 0.3) is 0 Å². The standard InChI is InChI=1S/C60H38N2OS/c1-2-15-39(16-3-1)41-17-12-19-44(37-41)61(43-33-31-40(32-34-43)47-25-14-26-51-50-23-7-11-30-57(50)64-60(47)51)55-36-35-46(59-58(55)52-24-6-10-29-56(52)63-59)42-18-13-20-45(38-42)62-53-27-8-4-21-48(53)49-22-5-9-28-54(49)62/h1-38H. The van der Waals surface area contributed by atoms with Gasteiger partial charge in [-0.25, -0.2) is 0 Å². The van der Waals surface area contributed by atoms with Crippen LogP contribution < -0.4 is 4.90 Å². The highest BCUT2D eigenvalue weighted by atomic mass is 32.1. The number of benzene rings is 10. The zero-order chi connectivity index (χ0) is 42.1. The molecule has 0 atom stereocenters. The van der Waals surface area contributed by atoms with Crippen LogP contribution in [0.2, 0.25) is 0 Å². The summed E-state index contributed by atoms with van der Waals surface area (Å²) in [6, 6.07) is 83.2. The Kier molecular flexibility index (Phi) is 8.40. The van der Waals surface area contributed by atoms with Gasteiger partial charge < -0.3 is 13.9 Å². The predicted molar refractivity (Wildman–Crippen MR) is 272 cm³/mol. The maximum atomic E-state index is 6.98. The summed E-state index contributed by atoms with van der Waals surface area (Å²) in [7, 11) is 0. The fourth-order valence-corrected chi connectivity index (χ4v) is 11.1. The number of para-hydroxylation sites is 3. The van der Waals surface area contributed by atoms with E-state index in [9.17, 15) is 0 Å². The van der Waals surface area contributed by atoms with Gasteiger partial charge in [0.1, 0.15) is 11.2 Å². The summed E-state index contributed by atoms with van der Waals surface area (Å²) in [4.78, 5) is 2.40. The molecule has 0 fully saturated rings. The number of nitrogens with zero attached hydrogens (tertiary/aromatic N) is 2. The van der Waals surface area contributed by atoms with Crippen molar-refractivity contribution in [3.05, 3.63) is 231 Å². The predicted octanol–water partition coefficient (Wildman–Crippen LogP) is 17.5. The van der Waals surface area contributed by atoms with Gasteiger partial charge in [0.15, 0.2) is 0 Å². The van der Waals surface area contributed by atoms with Gasteiger partial charge in [0.2, 0.25) is 0 Å². The Hall–Kier alpha value is -8.18. The van der Waals surface area contributed by atoms with Gasteiger partial charge in [0.05, 0.1) is 22.1 Å². The highest BCUT2D eigenvalue weighted by molar-refractivity contribution is 7.26. The Labute approximate surface area is 373 Å². The van der Waals surface area contributed by atoms with E-state index < -0.39 is 0 Å². The third-order valence-corrected chi connectivity index (χ3v) is 14.0. The lowest BCUT2D eigenvalue weighted by Crippen LogP contribution is -2.10. The number of hydrogen-bond acceptors (Lipinski definition) is 3. The highest BCUT2D eigenvalue weighted by Gasteiger charge is 2.23. The molecular weight excluding hydrogens is 797 g/mol. The second kappa shape index (κ2) is 14.7.